The second-order valence-electron chi connectivity index (χ2n) is 24.2. The minimum absolute atomic E-state index is 0.0226. The standard InChI is InChI=1S/C59H73N3O4/c1-35-26-41-19-21-48-43-29-39-32-61(34-43)44(30-37-10-3-2-4-11-37)20-22-50-57-24-23-45-47-31-42(51(35)53(45)54(41)62(48)33-39)28-38-14-7-13-36(27-38)12-5-6-18-49(58(47,57)56(64)65-50)59(57)46-17-8-15-40(16-9-25-60)52(46)55(63)66-59/h7-8,13-15,17,22,27,35,37,39,42-44,48-49,51,53H,2-6,9-12,16,18-21,23-26,28-34,60H2,1H3. The molecule has 7 nitrogen and oxygen atoms in total. The molecule has 0 radical (unpaired) electrons. The molecule has 5 fully saturated rings. The van der Waals surface area contributed by atoms with Crippen LogP contribution in [0.1, 0.15) is 155 Å². The van der Waals surface area contributed by atoms with Gasteiger partial charge >= 0.3 is 11.9 Å². The van der Waals surface area contributed by atoms with Gasteiger partial charge in [-0.05, 0) is 161 Å². The Morgan fingerprint density at radius 2 is 1.73 bits per heavy atom. The number of nitrogens with two attached hydrogens (primary N) is 1. The molecule has 7 heteroatoms. The fraction of sp³-hybridized carbons (Fsp3) is 0.661. The summed E-state index contributed by atoms with van der Waals surface area (Å²) >= 11 is 0. The van der Waals surface area contributed by atoms with Crippen molar-refractivity contribution in [2.45, 2.75) is 159 Å². The van der Waals surface area contributed by atoms with Crippen LogP contribution in [-0.2, 0) is 39.1 Å². The molecule has 15 bridgehead atoms. The summed E-state index contributed by atoms with van der Waals surface area (Å²) in [4.78, 5) is 37.3. The molecule has 13 atom stereocenters. The Labute approximate surface area is 393 Å². The topological polar surface area (TPSA) is 85.1 Å². The fourth-order valence-electron chi connectivity index (χ4n) is 19.4. The smallest absolute Gasteiger partial charge is 0.339 e. The highest BCUT2D eigenvalue weighted by Crippen LogP contribution is 2.87. The normalized spacial score (nSPS) is 41.7. The number of ether oxygens (including phenoxy) is 2. The van der Waals surface area contributed by atoms with Crippen LogP contribution in [0.5, 0.6) is 0 Å². The fourth-order valence-corrected chi connectivity index (χ4v) is 19.4. The number of nitrogens with zero attached hydrogens (tertiary/aromatic N) is 2. The third-order valence-electron chi connectivity index (χ3n) is 21.4. The van der Waals surface area contributed by atoms with Crippen molar-refractivity contribution in [1.29, 1.82) is 0 Å². The van der Waals surface area contributed by atoms with Crippen molar-refractivity contribution < 1.29 is 19.1 Å². The van der Waals surface area contributed by atoms with E-state index in [-0.39, 0.29) is 17.9 Å². The van der Waals surface area contributed by atoms with Gasteiger partial charge in [0.2, 0.25) is 0 Å². The number of carbonyl (C=O) groups is 2. The Balaban J connectivity index is 1.04. The van der Waals surface area contributed by atoms with Gasteiger partial charge in [0, 0.05) is 54.8 Å². The van der Waals surface area contributed by atoms with Gasteiger partial charge in [0.05, 0.1) is 11.0 Å². The van der Waals surface area contributed by atoms with Crippen molar-refractivity contribution in [3.8, 4) is 0 Å². The first-order valence-electron chi connectivity index (χ1n) is 27.4. The van der Waals surface area contributed by atoms with Crippen LogP contribution in [0.4, 0.5) is 0 Å². The van der Waals surface area contributed by atoms with Crippen LogP contribution in [-0.4, -0.2) is 60.0 Å². The second kappa shape index (κ2) is 15.2. The van der Waals surface area contributed by atoms with Gasteiger partial charge in [0.25, 0.3) is 0 Å². The van der Waals surface area contributed by atoms with E-state index in [0.29, 0.717) is 54.1 Å². The molecule has 2 aromatic rings. The Morgan fingerprint density at radius 1 is 0.864 bits per heavy atom. The average Bonchev–Trinajstić information content (AvgIpc) is 3.77. The number of esters is 2. The van der Waals surface area contributed by atoms with Gasteiger partial charge in [-0.15, -0.1) is 0 Å². The predicted octanol–water partition coefficient (Wildman–Crippen LogP) is 10.8. The highest BCUT2D eigenvalue weighted by Gasteiger charge is 2.93. The largest absolute Gasteiger partial charge is 0.449 e. The van der Waals surface area contributed by atoms with Crippen LogP contribution in [0.3, 0.4) is 0 Å². The molecule has 0 aromatic heterocycles. The molecule has 2 N–H and O–H groups in total. The van der Waals surface area contributed by atoms with Gasteiger partial charge in [-0.2, -0.15) is 0 Å². The van der Waals surface area contributed by atoms with Gasteiger partial charge in [0.15, 0.2) is 5.60 Å². The van der Waals surface area contributed by atoms with Gasteiger partial charge in [-0.25, -0.2) is 4.79 Å². The van der Waals surface area contributed by atoms with Crippen molar-refractivity contribution in [1.82, 2.24) is 9.80 Å². The third-order valence-corrected chi connectivity index (χ3v) is 21.4. The summed E-state index contributed by atoms with van der Waals surface area (Å²) < 4.78 is 14.6. The molecule has 17 rings (SSSR count). The maximum Gasteiger partial charge on any atom is 0.339 e. The van der Waals surface area contributed by atoms with E-state index in [1.165, 1.54) is 101 Å². The second-order valence-corrected chi connectivity index (χ2v) is 24.2. The van der Waals surface area contributed by atoms with E-state index in [9.17, 15) is 0 Å². The van der Waals surface area contributed by atoms with Crippen molar-refractivity contribution >= 4 is 11.9 Å². The Morgan fingerprint density at radius 3 is 2.62 bits per heavy atom. The minimum Gasteiger partial charge on any atom is -0.449 e. The van der Waals surface area contributed by atoms with Crippen LogP contribution in [0.25, 0.3) is 0 Å². The van der Waals surface area contributed by atoms with Crippen LogP contribution in [0.15, 0.2) is 76.7 Å². The summed E-state index contributed by atoms with van der Waals surface area (Å²) in [5.74, 6) is 4.44. The molecule has 13 unspecified atom stereocenters. The third kappa shape index (κ3) is 5.40. The number of benzene rings is 2. The van der Waals surface area contributed by atoms with E-state index >= 15 is 9.59 Å². The van der Waals surface area contributed by atoms with Crippen molar-refractivity contribution in [2.75, 3.05) is 26.2 Å². The van der Waals surface area contributed by atoms with E-state index in [4.69, 9.17) is 15.2 Å². The van der Waals surface area contributed by atoms with E-state index in [1.54, 1.807) is 16.8 Å². The number of hydrogen-bond acceptors (Lipinski definition) is 7. The van der Waals surface area contributed by atoms with E-state index < -0.39 is 16.4 Å². The van der Waals surface area contributed by atoms with Crippen molar-refractivity contribution in [3.63, 3.8) is 0 Å². The predicted molar refractivity (Wildman–Crippen MR) is 256 cm³/mol. The molecule has 0 amide bonds. The first-order valence-corrected chi connectivity index (χ1v) is 27.4. The monoisotopic (exact) mass is 888 g/mol. The number of aryl methyl sites for hydroxylation is 2. The molecule has 15 aliphatic rings. The summed E-state index contributed by atoms with van der Waals surface area (Å²) in [5.41, 5.74) is 15.8. The van der Waals surface area contributed by atoms with Gasteiger partial charge in [-0.1, -0.05) is 105 Å². The summed E-state index contributed by atoms with van der Waals surface area (Å²) in [6.45, 7) is 6.74. The Kier molecular flexibility index (Phi) is 9.49. The number of allylic oxidation sites excluding steroid dienone is 2. The number of rotatable bonds is 5. The zero-order valence-corrected chi connectivity index (χ0v) is 39.7. The first-order chi connectivity index (χ1) is 32.3. The molecule has 348 valence electrons. The quantitative estimate of drug-likeness (QED) is 0.236. The zero-order chi connectivity index (χ0) is 44.1. The van der Waals surface area contributed by atoms with Crippen molar-refractivity contribution in [2.24, 2.45) is 63.9 Å². The van der Waals surface area contributed by atoms with Gasteiger partial charge < -0.3 is 20.1 Å². The number of hydrogen-bond donors (Lipinski definition) is 1. The van der Waals surface area contributed by atoms with E-state index in [0.717, 1.165) is 99.0 Å². The molecule has 9 heterocycles. The lowest BCUT2D eigenvalue weighted by atomic mass is 9.28. The lowest BCUT2D eigenvalue weighted by Crippen LogP contribution is -2.77. The number of fused-ring (bicyclic) bond motifs is 7. The molecule has 66 heavy (non-hydrogen) atoms. The van der Waals surface area contributed by atoms with Crippen LogP contribution >= 0.6 is 0 Å². The molecule has 2 saturated carbocycles. The summed E-state index contributed by atoms with van der Waals surface area (Å²) in [6, 6.07) is 17.1. The zero-order valence-electron chi connectivity index (χ0n) is 39.7. The summed E-state index contributed by atoms with van der Waals surface area (Å²) in [7, 11) is 0. The molecule has 2 aromatic carbocycles. The van der Waals surface area contributed by atoms with Gasteiger partial charge in [0.1, 0.15) is 11.2 Å². The van der Waals surface area contributed by atoms with Crippen molar-refractivity contribution in [3.05, 3.63) is 105 Å². The maximum atomic E-state index is 16.2. The number of piperidine rings is 2. The summed E-state index contributed by atoms with van der Waals surface area (Å²) in [6.07, 6.45) is 25.6. The first kappa shape index (κ1) is 41.3. The highest BCUT2D eigenvalue weighted by molar-refractivity contribution is 6.00. The van der Waals surface area contributed by atoms with E-state index in [2.05, 4.69) is 65.3 Å². The lowest BCUT2D eigenvalue weighted by molar-refractivity contribution is -0.278. The maximum absolute atomic E-state index is 16.2. The average molecular weight is 888 g/mol. The molecular weight excluding hydrogens is 815 g/mol. The van der Waals surface area contributed by atoms with Crippen LogP contribution in [0, 0.1) is 58.2 Å². The molecule has 3 saturated heterocycles. The van der Waals surface area contributed by atoms with E-state index in [1.807, 2.05) is 0 Å². The Bertz CT molecular complexity index is 2480. The Hall–Kier alpha value is -3.68. The van der Waals surface area contributed by atoms with Crippen LogP contribution < -0.4 is 5.73 Å². The molecule has 9 aliphatic heterocycles. The minimum atomic E-state index is -0.965. The SMILES string of the molecule is CC1CC2=C3C4C5=C6CC(Cc7cccc(c7)CCCCC7C68C(=O)OC(=CCC(CC6CCCCC6)N6CC9CC(C6)C(CC2)N3C9)C8(CC5)C72OC(=O)c3c(CCCN)cccc32)C14. The van der Waals surface area contributed by atoms with Crippen LogP contribution in [0.2, 0.25) is 0 Å². The summed E-state index contributed by atoms with van der Waals surface area (Å²) in [5, 5.41) is 0. The lowest BCUT2D eigenvalue weighted by Gasteiger charge is -2.72. The number of carbonyl (C=O) groups excluding carboxylic acids is 2. The highest BCUT2D eigenvalue weighted by atomic mass is 16.6. The molecule has 3 spiro atoms. The molecular formula is C59H73N3O4. The molecule has 6 aliphatic carbocycles. The van der Waals surface area contributed by atoms with Gasteiger partial charge in [-0.3, -0.25) is 9.69 Å².